The van der Waals surface area contributed by atoms with Crippen molar-refractivity contribution in [1.82, 2.24) is 5.32 Å². The third-order valence-electron chi connectivity index (χ3n) is 3.76. The van der Waals surface area contributed by atoms with Crippen LogP contribution in [0.4, 0.5) is 5.69 Å². The molecule has 0 unspecified atom stereocenters. The van der Waals surface area contributed by atoms with Gasteiger partial charge < -0.3 is 15.0 Å². The Hall–Kier alpha value is -2.82. The average Bonchev–Trinajstić information content (AvgIpc) is 2.59. The van der Waals surface area contributed by atoms with Crippen LogP contribution in [0.5, 0.6) is 5.75 Å². The number of ether oxygens (including phenoxy) is 1. The van der Waals surface area contributed by atoms with Crippen LogP contribution in [0.1, 0.15) is 12.5 Å². The van der Waals surface area contributed by atoms with E-state index in [1.54, 1.807) is 11.0 Å². The number of hydrogen-bond acceptors (Lipinski definition) is 3. The predicted molar refractivity (Wildman–Crippen MR) is 87.2 cm³/mol. The van der Waals surface area contributed by atoms with Gasteiger partial charge in [-0.25, -0.2) is 0 Å². The topological polar surface area (TPSA) is 58.6 Å². The normalized spacial score (nSPS) is 16.2. The highest BCUT2D eigenvalue weighted by Gasteiger charge is 2.32. The number of hydrogen-bond donors (Lipinski definition) is 1. The molecule has 0 bridgehead atoms. The number of carbonyl (C=O) groups is 2. The number of para-hydroxylation sites is 2. The Bertz CT molecular complexity index is 715. The third kappa shape index (κ3) is 3.34. The molecule has 0 radical (unpaired) electrons. The van der Waals surface area contributed by atoms with Gasteiger partial charge in [0.05, 0.1) is 12.2 Å². The average molecular weight is 310 g/mol. The van der Waals surface area contributed by atoms with Gasteiger partial charge in [-0.1, -0.05) is 42.5 Å². The first-order valence-electron chi connectivity index (χ1n) is 7.50. The second-order valence-corrected chi connectivity index (χ2v) is 5.41. The van der Waals surface area contributed by atoms with Crippen LogP contribution in [-0.4, -0.2) is 24.5 Å². The highest BCUT2D eigenvalue weighted by Crippen LogP contribution is 2.33. The van der Waals surface area contributed by atoms with E-state index in [1.807, 2.05) is 48.5 Å². The molecule has 0 aromatic heterocycles. The van der Waals surface area contributed by atoms with Crippen LogP contribution in [0, 0.1) is 0 Å². The first-order chi connectivity index (χ1) is 11.1. The molecular weight excluding hydrogens is 292 g/mol. The van der Waals surface area contributed by atoms with Gasteiger partial charge in [0, 0.05) is 13.5 Å². The number of amides is 2. The second kappa shape index (κ2) is 6.52. The third-order valence-corrected chi connectivity index (χ3v) is 3.76. The molecule has 1 atom stereocenters. The molecule has 5 heteroatoms. The number of carbonyl (C=O) groups excluding carboxylic acids is 2. The maximum atomic E-state index is 12.4. The summed E-state index contributed by atoms with van der Waals surface area (Å²) in [5, 5.41) is 2.86. The maximum Gasteiger partial charge on any atom is 0.263 e. The first-order valence-corrected chi connectivity index (χ1v) is 7.50. The Morgan fingerprint density at radius 2 is 1.83 bits per heavy atom. The Morgan fingerprint density at radius 1 is 1.13 bits per heavy atom. The minimum Gasteiger partial charge on any atom is -0.477 e. The SMILES string of the molecule is CC(=O)N1C[C@@H](C(=O)NCc2ccccc2)Oc2ccccc21. The van der Waals surface area contributed by atoms with E-state index in [2.05, 4.69) is 5.32 Å². The number of benzene rings is 2. The van der Waals surface area contributed by atoms with Gasteiger partial charge in [0.2, 0.25) is 5.91 Å². The molecule has 0 spiro atoms. The molecule has 1 aliphatic heterocycles. The van der Waals surface area contributed by atoms with Gasteiger partial charge in [-0.15, -0.1) is 0 Å². The summed E-state index contributed by atoms with van der Waals surface area (Å²) in [5.41, 5.74) is 1.72. The molecule has 1 aliphatic rings. The van der Waals surface area contributed by atoms with Gasteiger partial charge >= 0.3 is 0 Å². The molecule has 0 saturated heterocycles. The summed E-state index contributed by atoms with van der Waals surface area (Å²) in [6.07, 6.45) is -0.711. The zero-order chi connectivity index (χ0) is 16.2. The Kier molecular flexibility index (Phi) is 4.28. The minimum absolute atomic E-state index is 0.110. The number of rotatable bonds is 3. The molecular formula is C18H18N2O3. The number of anilines is 1. The lowest BCUT2D eigenvalue weighted by atomic mass is 10.1. The van der Waals surface area contributed by atoms with Crippen molar-refractivity contribution in [2.75, 3.05) is 11.4 Å². The summed E-state index contributed by atoms with van der Waals surface area (Å²) in [6, 6.07) is 16.9. The van der Waals surface area contributed by atoms with Crippen molar-refractivity contribution in [2.45, 2.75) is 19.6 Å². The van der Waals surface area contributed by atoms with Crippen LogP contribution in [0.25, 0.3) is 0 Å². The van der Waals surface area contributed by atoms with Gasteiger partial charge in [0.25, 0.3) is 5.91 Å². The lowest BCUT2D eigenvalue weighted by Gasteiger charge is -2.33. The summed E-state index contributed by atoms with van der Waals surface area (Å²) >= 11 is 0. The molecule has 23 heavy (non-hydrogen) atoms. The molecule has 2 amide bonds. The summed E-state index contributed by atoms with van der Waals surface area (Å²) in [7, 11) is 0. The predicted octanol–water partition coefficient (Wildman–Crippen LogP) is 2.12. The molecule has 0 saturated carbocycles. The summed E-state index contributed by atoms with van der Waals surface area (Å²) in [4.78, 5) is 25.8. The van der Waals surface area contributed by atoms with Crippen molar-refractivity contribution in [2.24, 2.45) is 0 Å². The Balaban J connectivity index is 1.71. The van der Waals surface area contributed by atoms with Crippen LogP contribution < -0.4 is 15.0 Å². The number of nitrogens with one attached hydrogen (secondary N) is 1. The van der Waals surface area contributed by atoms with Crippen molar-refractivity contribution in [1.29, 1.82) is 0 Å². The largest absolute Gasteiger partial charge is 0.477 e. The van der Waals surface area contributed by atoms with Gasteiger partial charge in [-0.3, -0.25) is 9.59 Å². The van der Waals surface area contributed by atoms with E-state index in [0.29, 0.717) is 18.0 Å². The summed E-state index contributed by atoms with van der Waals surface area (Å²) < 4.78 is 5.76. The van der Waals surface area contributed by atoms with Crippen molar-refractivity contribution in [3.63, 3.8) is 0 Å². The molecule has 118 valence electrons. The highest BCUT2D eigenvalue weighted by molar-refractivity contribution is 5.95. The second-order valence-electron chi connectivity index (χ2n) is 5.41. The molecule has 3 rings (SSSR count). The van der Waals surface area contributed by atoms with Crippen LogP contribution >= 0.6 is 0 Å². The molecule has 5 nitrogen and oxygen atoms in total. The van der Waals surface area contributed by atoms with E-state index in [-0.39, 0.29) is 18.4 Å². The standard InChI is InChI=1S/C18H18N2O3/c1-13(21)20-12-17(23-16-10-6-5-9-15(16)20)18(22)19-11-14-7-3-2-4-8-14/h2-10,17H,11-12H2,1H3,(H,19,22)/t17-/m0/s1. The monoisotopic (exact) mass is 310 g/mol. The van der Waals surface area contributed by atoms with Crippen molar-refractivity contribution >= 4 is 17.5 Å². The Labute approximate surface area is 134 Å². The number of fused-ring (bicyclic) bond motifs is 1. The smallest absolute Gasteiger partial charge is 0.263 e. The maximum absolute atomic E-state index is 12.4. The molecule has 2 aromatic carbocycles. The van der Waals surface area contributed by atoms with Crippen molar-refractivity contribution in [3.8, 4) is 5.75 Å². The van der Waals surface area contributed by atoms with E-state index in [1.165, 1.54) is 6.92 Å². The van der Waals surface area contributed by atoms with E-state index < -0.39 is 6.10 Å². The van der Waals surface area contributed by atoms with Gasteiger partial charge in [-0.2, -0.15) is 0 Å². The molecule has 0 aliphatic carbocycles. The van der Waals surface area contributed by atoms with E-state index in [4.69, 9.17) is 4.74 Å². The van der Waals surface area contributed by atoms with Crippen LogP contribution in [-0.2, 0) is 16.1 Å². The zero-order valence-electron chi connectivity index (χ0n) is 12.9. The first kappa shape index (κ1) is 15.1. The minimum atomic E-state index is -0.711. The van der Waals surface area contributed by atoms with Crippen LogP contribution in [0.3, 0.4) is 0 Å². The zero-order valence-corrected chi connectivity index (χ0v) is 12.9. The fraction of sp³-hybridized carbons (Fsp3) is 0.222. The highest BCUT2D eigenvalue weighted by atomic mass is 16.5. The van der Waals surface area contributed by atoms with Gasteiger partial charge in [-0.05, 0) is 17.7 Å². The van der Waals surface area contributed by atoms with Gasteiger partial charge in [0.15, 0.2) is 6.10 Å². The molecule has 1 heterocycles. The molecule has 1 N–H and O–H groups in total. The lowest BCUT2D eigenvalue weighted by Crippen LogP contribution is -2.50. The quantitative estimate of drug-likeness (QED) is 0.944. The fourth-order valence-corrected chi connectivity index (χ4v) is 2.57. The van der Waals surface area contributed by atoms with E-state index in [0.717, 1.165) is 5.56 Å². The molecule has 0 fully saturated rings. The van der Waals surface area contributed by atoms with E-state index >= 15 is 0 Å². The molecule has 2 aromatic rings. The summed E-state index contributed by atoms with van der Waals surface area (Å²) in [6.45, 7) is 2.13. The summed E-state index contributed by atoms with van der Waals surface area (Å²) in [5.74, 6) is 0.213. The van der Waals surface area contributed by atoms with E-state index in [9.17, 15) is 9.59 Å². The van der Waals surface area contributed by atoms with Gasteiger partial charge in [0.1, 0.15) is 5.75 Å². The Morgan fingerprint density at radius 3 is 2.57 bits per heavy atom. The number of nitrogens with zero attached hydrogens (tertiary/aromatic N) is 1. The van der Waals surface area contributed by atoms with Crippen molar-refractivity contribution in [3.05, 3.63) is 60.2 Å². The lowest BCUT2D eigenvalue weighted by molar-refractivity contribution is -0.128. The van der Waals surface area contributed by atoms with Crippen LogP contribution in [0.2, 0.25) is 0 Å². The van der Waals surface area contributed by atoms with Crippen molar-refractivity contribution < 1.29 is 14.3 Å². The van der Waals surface area contributed by atoms with Crippen LogP contribution in [0.15, 0.2) is 54.6 Å². The fourth-order valence-electron chi connectivity index (χ4n) is 2.57.